The summed E-state index contributed by atoms with van der Waals surface area (Å²) in [6.07, 6.45) is 1.02. The molecule has 1 rings (SSSR count). The van der Waals surface area contributed by atoms with E-state index in [0.29, 0.717) is 5.41 Å². The van der Waals surface area contributed by atoms with Crippen LogP contribution in [-0.2, 0) is 6.61 Å². The minimum absolute atomic E-state index is 0.0659. The molecule has 0 aliphatic rings. The fourth-order valence-corrected chi connectivity index (χ4v) is 1.21. The Labute approximate surface area is 91.9 Å². The van der Waals surface area contributed by atoms with Gasteiger partial charge in [0.1, 0.15) is 5.75 Å². The van der Waals surface area contributed by atoms with Crippen molar-refractivity contribution in [2.24, 2.45) is 5.41 Å². The molecule has 84 valence electrons. The van der Waals surface area contributed by atoms with Crippen LogP contribution in [0.15, 0.2) is 24.3 Å². The van der Waals surface area contributed by atoms with Crippen LogP contribution in [-0.4, -0.2) is 11.7 Å². The van der Waals surface area contributed by atoms with E-state index < -0.39 is 0 Å². The average molecular weight is 208 g/mol. The van der Waals surface area contributed by atoms with Crippen LogP contribution in [0.5, 0.6) is 5.75 Å². The first-order valence-corrected chi connectivity index (χ1v) is 5.34. The molecule has 0 saturated heterocycles. The Morgan fingerprint density at radius 2 is 2.00 bits per heavy atom. The van der Waals surface area contributed by atoms with Crippen LogP contribution in [0, 0.1) is 5.41 Å². The van der Waals surface area contributed by atoms with Crippen molar-refractivity contribution in [1.29, 1.82) is 0 Å². The highest BCUT2D eigenvalue weighted by Gasteiger charge is 2.09. The van der Waals surface area contributed by atoms with Gasteiger partial charge in [-0.15, -0.1) is 0 Å². The molecule has 2 nitrogen and oxygen atoms in total. The third-order valence-electron chi connectivity index (χ3n) is 2.20. The van der Waals surface area contributed by atoms with E-state index in [-0.39, 0.29) is 6.61 Å². The van der Waals surface area contributed by atoms with Crippen molar-refractivity contribution in [1.82, 2.24) is 0 Å². The number of hydrogen-bond acceptors (Lipinski definition) is 2. The van der Waals surface area contributed by atoms with E-state index in [0.717, 1.165) is 24.3 Å². The zero-order chi connectivity index (χ0) is 11.3. The van der Waals surface area contributed by atoms with Crippen LogP contribution in [0.3, 0.4) is 0 Å². The summed E-state index contributed by atoms with van der Waals surface area (Å²) in [6.45, 7) is 7.37. The Bertz CT molecular complexity index is 300. The number of aliphatic hydroxyl groups excluding tert-OH is 1. The Morgan fingerprint density at radius 1 is 1.27 bits per heavy atom. The molecule has 15 heavy (non-hydrogen) atoms. The molecule has 0 radical (unpaired) electrons. The normalized spacial score (nSPS) is 11.5. The summed E-state index contributed by atoms with van der Waals surface area (Å²) in [7, 11) is 0. The lowest BCUT2D eigenvalue weighted by Gasteiger charge is -2.18. The molecule has 0 fully saturated rings. The Morgan fingerprint density at radius 3 is 2.60 bits per heavy atom. The zero-order valence-electron chi connectivity index (χ0n) is 9.79. The van der Waals surface area contributed by atoms with Crippen molar-refractivity contribution in [2.45, 2.75) is 33.8 Å². The van der Waals surface area contributed by atoms with Crippen molar-refractivity contribution in [3.8, 4) is 5.75 Å². The molecule has 0 aliphatic carbocycles. The van der Waals surface area contributed by atoms with E-state index in [2.05, 4.69) is 20.8 Å². The number of benzene rings is 1. The summed E-state index contributed by atoms with van der Waals surface area (Å²) in [5, 5.41) is 8.96. The highest BCUT2D eigenvalue weighted by Crippen LogP contribution is 2.20. The fourth-order valence-electron chi connectivity index (χ4n) is 1.21. The van der Waals surface area contributed by atoms with Gasteiger partial charge in [0.15, 0.2) is 0 Å². The van der Waals surface area contributed by atoms with E-state index >= 15 is 0 Å². The van der Waals surface area contributed by atoms with Gasteiger partial charge in [-0.25, -0.2) is 0 Å². The van der Waals surface area contributed by atoms with Crippen molar-refractivity contribution < 1.29 is 9.84 Å². The minimum atomic E-state index is 0.0659. The summed E-state index contributed by atoms with van der Waals surface area (Å²) < 4.78 is 5.61. The molecular weight excluding hydrogens is 188 g/mol. The van der Waals surface area contributed by atoms with Crippen LogP contribution < -0.4 is 4.74 Å². The van der Waals surface area contributed by atoms with Gasteiger partial charge in [0, 0.05) is 0 Å². The summed E-state index contributed by atoms with van der Waals surface area (Å²) in [4.78, 5) is 0. The zero-order valence-corrected chi connectivity index (χ0v) is 9.79. The Balaban J connectivity index is 2.44. The lowest BCUT2D eigenvalue weighted by molar-refractivity contribution is 0.241. The third kappa shape index (κ3) is 4.84. The van der Waals surface area contributed by atoms with Crippen LogP contribution >= 0.6 is 0 Å². The maximum Gasteiger partial charge on any atom is 0.119 e. The van der Waals surface area contributed by atoms with Gasteiger partial charge in [-0.1, -0.05) is 32.9 Å². The topological polar surface area (TPSA) is 29.5 Å². The van der Waals surface area contributed by atoms with Crippen LogP contribution in [0.2, 0.25) is 0 Å². The van der Waals surface area contributed by atoms with E-state index in [1.165, 1.54) is 0 Å². The third-order valence-corrected chi connectivity index (χ3v) is 2.20. The largest absolute Gasteiger partial charge is 0.494 e. The summed E-state index contributed by atoms with van der Waals surface area (Å²) in [6, 6.07) is 7.58. The Hall–Kier alpha value is -1.02. The molecule has 2 heteroatoms. The van der Waals surface area contributed by atoms with Crippen molar-refractivity contribution in [3.63, 3.8) is 0 Å². The summed E-state index contributed by atoms with van der Waals surface area (Å²) in [5.74, 6) is 0.839. The van der Waals surface area contributed by atoms with Crippen LogP contribution in [0.1, 0.15) is 32.8 Å². The van der Waals surface area contributed by atoms with Gasteiger partial charge in [-0.3, -0.25) is 0 Å². The quantitative estimate of drug-likeness (QED) is 0.824. The molecule has 1 aromatic rings. The maximum atomic E-state index is 8.96. The monoisotopic (exact) mass is 208 g/mol. The lowest BCUT2D eigenvalue weighted by atomic mass is 9.93. The highest BCUT2D eigenvalue weighted by atomic mass is 16.5. The molecule has 1 aromatic carbocycles. The van der Waals surface area contributed by atoms with Gasteiger partial charge in [0.05, 0.1) is 13.2 Å². The smallest absolute Gasteiger partial charge is 0.119 e. The van der Waals surface area contributed by atoms with Crippen LogP contribution in [0.25, 0.3) is 0 Å². The number of aliphatic hydroxyl groups is 1. The van der Waals surface area contributed by atoms with Crippen molar-refractivity contribution in [2.75, 3.05) is 6.61 Å². The molecule has 1 N–H and O–H groups in total. The first-order valence-electron chi connectivity index (χ1n) is 5.34. The van der Waals surface area contributed by atoms with Gasteiger partial charge >= 0.3 is 0 Å². The van der Waals surface area contributed by atoms with E-state index in [1.54, 1.807) is 0 Å². The average Bonchev–Trinajstić information content (AvgIpc) is 2.16. The molecule has 0 amide bonds. The molecule has 0 atom stereocenters. The maximum absolute atomic E-state index is 8.96. The van der Waals surface area contributed by atoms with E-state index in [9.17, 15) is 0 Å². The minimum Gasteiger partial charge on any atom is -0.494 e. The molecule has 0 spiro atoms. The number of ether oxygens (including phenoxy) is 1. The van der Waals surface area contributed by atoms with E-state index in [4.69, 9.17) is 9.84 Å². The molecular formula is C13H20O2. The molecule has 0 aromatic heterocycles. The van der Waals surface area contributed by atoms with E-state index in [1.807, 2.05) is 24.3 Å². The first-order chi connectivity index (χ1) is 7.01. The predicted octanol–water partition coefficient (Wildman–Crippen LogP) is 2.99. The van der Waals surface area contributed by atoms with Crippen LogP contribution in [0.4, 0.5) is 0 Å². The van der Waals surface area contributed by atoms with Crippen molar-refractivity contribution >= 4 is 0 Å². The number of rotatable bonds is 4. The number of hydrogen-bond donors (Lipinski definition) is 1. The second kappa shape index (κ2) is 5.17. The van der Waals surface area contributed by atoms with Crippen molar-refractivity contribution in [3.05, 3.63) is 29.8 Å². The fraction of sp³-hybridized carbons (Fsp3) is 0.538. The summed E-state index contributed by atoms with van der Waals surface area (Å²) in [5.41, 5.74) is 1.19. The lowest BCUT2D eigenvalue weighted by Crippen LogP contribution is -2.11. The van der Waals surface area contributed by atoms with Gasteiger partial charge in [-0.05, 0) is 29.5 Å². The summed E-state index contributed by atoms with van der Waals surface area (Å²) >= 11 is 0. The molecule has 0 heterocycles. The van der Waals surface area contributed by atoms with Gasteiger partial charge in [0.25, 0.3) is 0 Å². The van der Waals surface area contributed by atoms with Gasteiger partial charge in [-0.2, -0.15) is 0 Å². The SMILES string of the molecule is CC(C)(C)CCOc1cccc(CO)c1. The highest BCUT2D eigenvalue weighted by molar-refractivity contribution is 5.27. The standard InChI is InChI=1S/C13H20O2/c1-13(2,3)7-8-15-12-6-4-5-11(9-12)10-14/h4-6,9,14H,7-8,10H2,1-3H3. The van der Waals surface area contributed by atoms with Gasteiger partial charge < -0.3 is 9.84 Å². The van der Waals surface area contributed by atoms with Gasteiger partial charge in [0.2, 0.25) is 0 Å². The Kier molecular flexibility index (Phi) is 4.15. The second-order valence-corrected chi connectivity index (χ2v) is 4.96. The molecule has 0 bridgehead atoms. The molecule has 0 unspecified atom stereocenters. The predicted molar refractivity (Wildman–Crippen MR) is 61.9 cm³/mol. The second-order valence-electron chi connectivity index (χ2n) is 4.96. The molecule has 0 aliphatic heterocycles. The first kappa shape index (κ1) is 12.1. The molecule has 0 saturated carbocycles.